The van der Waals surface area contributed by atoms with Crippen LogP contribution in [0.5, 0.6) is 0 Å². The summed E-state index contributed by atoms with van der Waals surface area (Å²) in [4.78, 5) is 2.44. The Balaban J connectivity index is 1.07. The summed E-state index contributed by atoms with van der Waals surface area (Å²) in [7, 11) is 0. The third kappa shape index (κ3) is 5.06. The number of hydrogen-bond donors (Lipinski definition) is 0. The van der Waals surface area contributed by atoms with Gasteiger partial charge in [0.2, 0.25) is 0 Å². The summed E-state index contributed by atoms with van der Waals surface area (Å²) in [5.41, 5.74) is 14.9. The van der Waals surface area contributed by atoms with Crippen molar-refractivity contribution >= 4 is 71.3 Å². The van der Waals surface area contributed by atoms with E-state index in [2.05, 4.69) is 219 Å². The van der Waals surface area contributed by atoms with Gasteiger partial charge in [0.25, 0.3) is 0 Å². The Hall–Kier alpha value is -7.42. The zero-order valence-electron chi connectivity index (χ0n) is 32.9. The lowest BCUT2D eigenvalue weighted by Crippen LogP contribution is -2.16. The van der Waals surface area contributed by atoms with Crippen LogP contribution < -0.4 is 4.90 Å². The first kappa shape index (κ1) is 33.7. The van der Waals surface area contributed by atoms with Gasteiger partial charge in [-0.2, -0.15) is 0 Å². The summed E-state index contributed by atoms with van der Waals surface area (Å²) in [6.45, 7) is 4.71. The lowest BCUT2D eigenvalue weighted by molar-refractivity contribution is 0.660. The average molecular weight is 754 g/mol. The van der Waals surface area contributed by atoms with Crippen molar-refractivity contribution in [3.8, 4) is 33.4 Å². The van der Waals surface area contributed by atoms with E-state index in [0.29, 0.717) is 0 Å². The van der Waals surface area contributed by atoms with E-state index >= 15 is 0 Å². The Morgan fingerprint density at radius 1 is 0.356 bits per heavy atom. The summed E-state index contributed by atoms with van der Waals surface area (Å²) >= 11 is 0. The average Bonchev–Trinajstić information content (AvgIpc) is 3.79. The van der Waals surface area contributed by atoms with Gasteiger partial charge in [0.05, 0.1) is 5.69 Å². The maximum Gasteiger partial charge on any atom is 0.143 e. The molecule has 0 unspecified atom stereocenters. The summed E-state index contributed by atoms with van der Waals surface area (Å²) in [5.74, 6) is 0. The molecular weight excluding hydrogens is 715 g/mol. The van der Waals surface area contributed by atoms with E-state index in [-0.39, 0.29) is 5.41 Å². The minimum atomic E-state index is -0.142. The van der Waals surface area contributed by atoms with Crippen LogP contribution in [-0.4, -0.2) is 0 Å². The van der Waals surface area contributed by atoms with Crippen molar-refractivity contribution in [2.45, 2.75) is 19.3 Å². The predicted octanol–water partition coefficient (Wildman–Crippen LogP) is 16.2. The lowest BCUT2D eigenvalue weighted by atomic mass is 9.82. The fourth-order valence-corrected chi connectivity index (χ4v) is 9.98. The number of para-hydroxylation sites is 2. The van der Waals surface area contributed by atoms with Gasteiger partial charge in [0, 0.05) is 44.1 Å². The zero-order chi connectivity index (χ0) is 39.2. The number of nitrogens with zero attached hydrogens (tertiary/aromatic N) is 1. The molecule has 2 nitrogen and oxygen atoms in total. The van der Waals surface area contributed by atoms with Gasteiger partial charge < -0.3 is 9.32 Å². The van der Waals surface area contributed by atoms with Crippen LogP contribution in [0.3, 0.4) is 0 Å². The summed E-state index contributed by atoms with van der Waals surface area (Å²) in [6, 6.07) is 73.2. The highest BCUT2D eigenvalue weighted by Gasteiger charge is 2.36. The van der Waals surface area contributed by atoms with E-state index in [1.54, 1.807) is 0 Å². The molecule has 0 N–H and O–H groups in total. The van der Waals surface area contributed by atoms with Crippen molar-refractivity contribution in [1.82, 2.24) is 0 Å². The minimum Gasteiger partial charge on any atom is -0.455 e. The summed E-state index contributed by atoms with van der Waals surface area (Å²) in [6.07, 6.45) is 0. The van der Waals surface area contributed by atoms with Gasteiger partial charge in [0.1, 0.15) is 11.2 Å². The third-order valence-corrected chi connectivity index (χ3v) is 12.9. The Morgan fingerprint density at radius 2 is 0.966 bits per heavy atom. The summed E-state index contributed by atoms with van der Waals surface area (Å²) in [5, 5.41) is 9.61. The second-order valence-corrected chi connectivity index (χ2v) is 16.4. The molecule has 278 valence electrons. The molecule has 12 rings (SSSR count). The van der Waals surface area contributed by atoms with E-state index in [9.17, 15) is 0 Å². The molecule has 11 aromatic rings. The van der Waals surface area contributed by atoms with Crippen LogP contribution in [0, 0.1) is 0 Å². The molecule has 0 saturated heterocycles. The van der Waals surface area contributed by atoms with Crippen molar-refractivity contribution < 1.29 is 4.42 Å². The molecule has 1 heterocycles. The molecule has 1 aliphatic carbocycles. The molecule has 0 radical (unpaired) electrons. The second-order valence-electron chi connectivity index (χ2n) is 16.4. The number of hydrogen-bond acceptors (Lipinski definition) is 2. The van der Waals surface area contributed by atoms with Crippen molar-refractivity contribution in [2.75, 3.05) is 4.90 Å². The zero-order valence-corrected chi connectivity index (χ0v) is 32.9. The van der Waals surface area contributed by atoms with Crippen molar-refractivity contribution in [3.63, 3.8) is 0 Å². The smallest absolute Gasteiger partial charge is 0.143 e. The van der Waals surface area contributed by atoms with Crippen LogP contribution in [0.25, 0.3) is 87.6 Å². The van der Waals surface area contributed by atoms with Gasteiger partial charge in [0.15, 0.2) is 0 Å². The van der Waals surface area contributed by atoms with E-state index in [0.717, 1.165) is 55.5 Å². The third-order valence-electron chi connectivity index (χ3n) is 12.9. The largest absolute Gasteiger partial charge is 0.455 e. The van der Waals surface area contributed by atoms with E-state index in [1.165, 1.54) is 60.3 Å². The Kier molecular flexibility index (Phi) is 7.31. The maximum atomic E-state index is 6.93. The molecule has 1 aromatic heterocycles. The van der Waals surface area contributed by atoms with Crippen molar-refractivity contribution in [3.05, 3.63) is 211 Å². The molecule has 0 amide bonds. The molecule has 0 spiro atoms. The van der Waals surface area contributed by atoms with Gasteiger partial charge in [-0.1, -0.05) is 172 Å². The maximum absolute atomic E-state index is 6.93. The quantitative estimate of drug-likeness (QED) is 0.163. The fourth-order valence-electron chi connectivity index (χ4n) is 9.98. The molecular formula is C57H39NO. The topological polar surface area (TPSA) is 16.4 Å². The minimum absolute atomic E-state index is 0.142. The van der Waals surface area contributed by atoms with Crippen LogP contribution >= 0.6 is 0 Å². The Bertz CT molecular complexity index is 3480. The molecule has 0 aliphatic heterocycles. The lowest BCUT2D eigenvalue weighted by Gasteiger charge is -2.30. The highest BCUT2D eigenvalue weighted by Crippen LogP contribution is 2.52. The van der Waals surface area contributed by atoms with Crippen LogP contribution in [0.4, 0.5) is 17.1 Å². The fraction of sp³-hybridized carbons (Fsp3) is 0.0526. The van der Waals surface area contributed by atoms with Gasteiger partial charge in [-0.3, -0.25) is 0 Å². The van der Waals surface area contributed by atoms with Crippen LogP contribution in [0.1, 0.15) is 25.0 Å². The molecule has 59 heavy (non-hydrogen) atoms. The monoisotopic (exact) mass is 753 g/mol. The van der Waals surface area contributed by atoms with E-state index in [1.807, 2.05) is 0 Å². The molecule has 1 aliphatic rings. The number of fused-ring (bicyclic) bond motifs is 11. The van der Waals surface area contributed by atoms with Gasteiger partial charge >= 0.3 is 0 Å². The van der Waals surface area contributed by atoms with Crippen LogP contribution in [0.2, 0.25) is 0 Å². The molecule has 0 atom stereocenters. The van der Waals surface area contributed by atoms with Crippen LogP contribution in [-0.2, 0) is 5.41 Å². The Labute approximate surface area is 343 Å². The van der Waals surface area contributed by atoms with Gasteiger partial charge in [-0.05, 0) is 103 Å². The first-order valence-electron chi connectivity index (χ1n) is 20.5. The predicted molar refractivity (Wildman–Crippen MR) is 249 cm³/mol. The standard InChI is InChI=1S/C57H39NO/c1-57(2)52-24-11-9-20-45(52)46-33-31-40(35-53(46)57)58(39-29-26-37(27-30-39)51-34-38-15-4-5-16-41(38)43-18-7-8-19-44(43)51)54-25-12-10-21-47(54)48-22-13-23-49-50-32-28-36-14-3-6-17-42(36)55(50)59-56(48)49/h3-35H,1-2H3. The molecule has 0 bridgehead atoms. The first-order valence-corrected chi connectivity index (χ1v) is 20.5. The van der Waals surface area contributed by atoms with Crippen molar-refractivity contribution in [2.24, 2.45) is 0 Å². The second kappa shape index (κ2) is 12.8. The molecule has 10 aromatic carbocycles. The number of anilines is 3. The van der Waals surface area contributed by atoms with Gasteiger partial charge in [-0.15, -0.1) is 0 Å². The molecule has 0 fully saturated rings. The summed E-state index contributed by atoms with van der Waals surface area (Å²) < 4.78 is 6.93. The Morgan fingerprint density at radius 3 is 1.81 bits per heavy atom. The highest BCUT2D eigenvalue weighted by atomic mass is 16.3. The SMILES string of the molecule is CC1(C)c2ccccc2-c2ccc(N(c3ccc(-c4cc5ccccc5c5ccccc45)cc3)c3ccccc3-c3cccc4c3oc3c5ccccc5ccc43)cc21. The first-order chi connectivity index (χ1) is 29.0. The number of benzene rings is 10. The highest BCUT2D eigenvalue weighted by molar-refractivity contribution is 6.18. The number of rotatable bonds is 5. The van der Waals surface area contributed by atoms with Crippen LogP contribution in [0.15, 0.2) is 205 Å². The normalized spacial score (nSPS) is 13.1. The van der Waals surface area contributed by atoms with E-state index < -0.39 is 0 Å². The van der Waals surface area contributed by atoms with Gasteiger partial charge in [-0.25, -0.2) is 0 Å². The van der Waals surface area contributed by atoms with Crippen molar-refractivity contribution in [1.29, 1.82) is 0 Å². The molecule has 0 saturated carbocycles. The molecule has 2 heteroatoms. The van der Waals surface area contributed by atoms with E-state index in [4.69, 9.17) is 4.42 Å². The number of furan rings is 1.